The number of carbonyl (C=O) groups is 1. The van der Waals surface area contributed by atoms with Crippen molar-refractivity contribution in [3.8, 4) is 0 Å². The topological polar surface area (TPSA) is 41.1 Å². The number of rotatable bonds is 5. The molecule has 0 heterocycles. The van der Waals surface area contributed by atoms with E-state index in [0.717, 1.165) is 14.6 Å². The Labute approximate surface area is 119 Å². The van der Waals surface area contributed by atoms with Crippen LogP contribution in [-0.4, -0.2) is 18.5 Å². The second kappa shape index (κ2) is 7.13. The number of halogens is 2. The van der Waals surface area contributed by atoms with E-state index in [9.17, 15) is 4.79 Å². The van der Waals surface area contributed by atoms with Crippen LogP contribution in [0, 0.1) is 0 Å². The molecule has 0 fully saturated rings. The summed E-state index contributed by atoms with van der Waals surface area (Å²) in [6.07, 6.45) is 0.473. The molecule has 0 bridgehead atoms. The average molecular weight is 364 g/mol. The lowest BCUT2D eigenvalue weighted by molar-refractivity contribution is -0.116. The van der Waals surface area contributed by atoms with E-state index in [2.05, 4.69) is 56.3 Å². The first-order valence-corrected chi connectivity index (χ1v) is 7.06. The quantitative estimate of drug-likeness (QED) is 0.840. The maximum atomic E-state index is 11.6. The molecule has 0 saturated heterocycles. The van der Waals surface area contributed by atoms with Gasteiger partial charge in [0, 0.05) is 28.0 Å². The molecule has 0 aliphatic carbocycles. The molecule has 1 amide bonds. The van der Waals surface area contributed by atoms with Crippen LogP contribution in [0.2, 0.25) is 0 Å². The Morgan fingerprint density at radius 3 is 2.65 bits per heavy atom. The minimum absolute atomic E-state index is 0.0150. The van der Waals surface area contributed by atoms with Crippen molar-refractivity contribution in [3.63, 3.8) is 0 Å². The van der Waals surface area contributed by atoms with Crippen LogP contribution in [0.3, 0.4) is 0 Å². The summed E-state index contributed by atoms with van der Waals surface area (Å²) >= 11 is 6.77. The average Bonchev–Trinajstić information content (AvgIpc) is 2.21. The summed E-state index contributed by atoms with van der Waals surface area (Å²) in [5, 5.41) is 6.07. The van der Waals surface area contributed by atoms with Crippen molar-refractivity contribution < 1.29 is 4.79 Å². The van der Waals surface area contributed by atoms with Gasteiger partial charge in [0.2, 0.25) is 5.91 Å². The van der Waals surface area contributed by atoms with Crippen LogP contribution in [-0.2, 0) is 4.79 Å². The molecule has 0 aliphatic heterocycles. The Bertz CT molecular complexity index is 394. The summed E-state index contributed by atoms with van der Waals surface area (Å²) in [6, 6.07) is 6.07. The number of nitrogens with one attached hydrogen (secondary N) is 2. The zero-order chi connectivity index (χ0) is 12.8. The molecule has 0 spiro atoms. The summed E-state index contributed by atoms with van der Waals surface area (Å²) in [5.41, 5.74) is 0.794. The molecule has 5 heteroatoms. The van der Waals surface area contributed by atoms with Gasteiger partial charge in [0.25, 0.3) is 0 Å². The van der Waals surface area contributed by atoms with Crippen LogP contribution in [0.1, 0.15) is 20.3 Å². The third-order valence-electron chi connectivity index (χ3n) is 2.11. The van der Waals surface area contributed by atoms with Crippen LogP contribution in [0.25, 0.3) is 0 Å². The molecule has 2 N–H and O–H groups in total. The summed E-state index contributed by atoms with van der Waals surface area (Å²) in [7, 11) is 0. The first-order chi connectivity index (χ1) is 7.99. The predicted octanol–water partition coefficient (Wildman–Crippen LogP) is 3.54. The molecular weight excluding hydrogens is 348 g/mol. The van der Waals surface area contributed by atoms with Crippen LogP contribution in [0.5, 0.6) is 0 Å². The van der Waals surface area contributed by atoms with E-state index >= 15 is 0 Å². The lowest BCUT2D eigenvalue weighted by Crippen LogP contribution is -2.27. The Balaban J connectivity index is 2.45. The highest BCUT2D eigenvalue weighted by molar-refractivity contribution is 9.11. The van der Waals surface area contributed by atoms with Crippen LogP contribution >= 0.6 is 31.9 Å². The monoisotopic (exact) mass is 362 g/mol. The summed E-state index contributed by atoms with van der Waals surface area (Å²) in [5.74, 6) is 0.0150. The van der Waals surface area contributed by atoms with E-state index in [-0.39, 0.29) is 5.91 Å². The molecular formula is C12H16Br2N2O. The molecule has 0 radical (unpaired) electrons. The molecule has 0 atom stereocenters. The first-order valence-electron chi connectivity index (χ1n) is 5.47. The number of benzene rings is 1. The van der Waals surface area contributed by atoms with Gasteiger partial charge in [-0.15, -0.1) is 0 Å². The minimum atomic E-state index is 0.0150. The van der Waals surface area contributed by atoms with Crippen molar-refractivity contribution in [1.29, 1.82) is 0 Å². The number of carbonyl (C=O) groups excluding carboxylic acids is 1. The fraction of sp³-hybridized carbons (Fsp3) is 0.417. The molecule has 0 aliphatic rings. The van der Waals surface area contributed by atoms with Crippen molar-refractivity contribution in [2.75, 3.05) is 11.9 Å². The first kappa shape index (κ1) is 14.7. The van der Waals surface area contributed by atoms with Gasteiger partial charge >= 0.3 is 0 Å². The molecule has 1 rings (SSSR count). The predicted molar refractivity (Wildman–Crippen MR) is 78.2 cm³/mol. The smallest absolute Gasteiger partial charge is 0.225 e. The molecule has 17 heavy (non-hydrogen) atoms. The second-order valence-electron chi connectivity index (χ2n) is 4.03. The van der Waals surface area contributed by atoms with Gasteiger partial charge in [-0.25, -0.2) is 0 Å². The van der Waals surface area contributed by atoms with Crippen molar-refractivity contribution in [3.05, 3.63) is 27.1 Å². The third-order valence-corrected chi connectivity index (χ3v) is 3.26. The Morgan fingerprint density at radius 1 is 1.35 bits per heavy atom. The highest BCUT2D eigenvalue weighted by Crippen LogP contribution is 2.26. The molecule has 3 nitrogen and oxygen atoms in total. The summed E-state index contributed by atoms with van der Waals surface area (Å²) in [6.45, 7) is 4.81. The molecule has 0 saturated carbocycles. The lowest BCUT2D eigenvalue weighted by Gasteiger charge is -2.09. The largest absolute Gasteiger partial charge is 0.325 e. The third kappa shape index (κ3) is 5.66. The number of hydrogen-bond donors (Lipinski definition) is 2. The van der Waals surface area contributed by atoms with Crippen molar-refractivity contribution in [2.24, 2.45) is 0 Å². The Kier molecular flexibility index (Phi) is 6.16. The minimum Gasteiger partial charge on any atom is -0.325 e. The Morgan fingerprint density at radius 2 is 2.06 bits per heavy atom. The second-order valence-corrected chi connectivity index (χ2v) is 5.80. The van der Waals surface area contributed by atoms with Crippen LogP contribution in [0.15, 0.2) is 27.1 Å². The highest BCUT2D eigenvalue weighted by atomic mass is 79.9. The lowest BCUT2D eigenvalue weighted by atomic mass is 10.3. The number of anilines is 1. The molecule has 94 valence electrons. The fourth-order valence-corrected chi connectivity index (χ4v) is 2.42. The number of amides is 1. The van der Waals surface area contributed by atoms with Gasteiger partial charge in [-0.3, -0.25) is 4.79 Å². The normalized spacial score (nSPS) is 10.6. The van der Waals surface area contributed by atoms with Gasteiger partial charge in [-0.1, -0.05) is 29.8 Å². The van der Waals surface area contributed by atoms with Gasteiger partial charge in [-0.05, 0) is 34.1 Å². The zero-order valence-corrected chi connectivity index (χ0v) is 13.1. The van der Waals surface area contributed by atoms with Gasteiger partial charge < -0.3 is 10.6 Å². The van der Waals surface area contributed by atoms with Crippen LogP contribution < -0.4 is 10.6 Å². The fourth-order valence-electron chi connectivity index (χ4n) is 1.28. The van der Waals surface area contributed by atoms with Crippen LogP contribution in [0.4, 0.5) is 5.69 Å². The van der Waals surface area contributed by atoms with Gasteiger partial charge in [0.05, 0.1) is 5.69 Å². The van der Waals surface area contributed by atoms with Crippen molar-refractivity contribution >= 4 is 43.5 Å². The molecule has 0 aromatic heterocycles. The van der Waals surface area contributed by atoms with E-state index in [4.69, 9.17) is 0 Å². The summed E-state index contributed by atoms with van der Waals surface area (Å²) in [4.78, 5) is 11.6. The van der Waals surface area contributed by atoms with E-state index in [1.807, 2.05) is 18.2 Å². The standard InChI is InChI=1S/C12H16Br2N2O/c1-8(2)15-6-5-12(17)16-11-4-3-9(13)7-10(11)14/h3-4,7-8,15H,5-6H2,1-2H3,(H,16,17). The Hall–Kier alpha value is -0.390. The molecule has 0 unspecified atom stereocenters. The summed E-state index contributed by atoms with van der Waals surface area (Å²) < 4.78 is 1.85. The highest BCUT2D eigenvalue weighted by Gasteiger charge is 2.05. The number of hydrogen-bond acceptors (Lipinski definition) is 2. The van der Waals surface area contributed by atoms with Gasteiger partial charge in [0.1, 0.15) is 0 Å². The molecule has 1 aromatic rings. The van der Waals surface area contributed by atoms with E-state index in [0.29, 0.717) is 19.0 Å². The van der Waals surface area contributed by atoms with Gasteiger partial charge in [0.15, 0.2) is 0 Å². The van der Waals surface area contributed by atoms with Gasteiger partial charge in [-0.2, -0.15) is 0 Å². The SMILES string of the molecule is CC(C)NCCC(=O)Nc1ccc(Br)cc1Br. The van der Waals surface area contributed by atoms with E-state index in [1.165, 1.54) is 0 Å². The maximum absolute atomic E-state index is 11.6. The molecule has 1 aromatic carbocycles. The van der Waals surface area contributed by atoms with E-state index in [1.54, 1.807) is 0 Å². The van der Waals surface area contributed by atoms with E-state index < -0.39 is 0 Å². The maximum Gasteiger partial charge on any atom is 0.225 e. The van der Waals surface area contributed by atoms with Crippen molar-refractivity contribution in [1.82, 2.24) is 5.32 Å². The van der Waals surface area contributed by atoms with Crippen molar-refractivity contribution in [2.45, 2.75) is 26.3 Å². The zero-order valence-electron chi connectivity index (χ0n) is 9.89.